The van der Waals surface area contributed by atoms with Gasteiger partial charge in [0.15, 0.2) is 0 Å². The summed E-state index contributed by atoms with van der Waals surface area (Å²) in [6, 6.07) is 0. The fourth-order valence-corrected chi connectivity index (χ4v) is 1.98. The lowest BCUT2D eigenvalue weighted by Crippen LogP contribution is -2.51. The molecule has 0 aliphatic heterocycles. The van der Waals surface area contributed by atoms with Gasteiger partial charge in [0.2, 0.25) is 0 Å². The summed E-state index contributed by atoms with van der Waals surface area (Å²) < 4.78 is 35.6. The Hall–Kier alpha value is -0.250. The molecular weight excluding hydrogens is 181 g/mol. The van der Waals surface area contributed by atoms with Crippen molar-refractivity contribution in [1.82, 2.24) is 0 Å². The smallest absolute Gasteiger partial charge is 0.389 e. The minimum Gasteiger partial charge on any atom is -0.390 e. The van der Waals surface area contributed by atoms with Gasteiger partial charge in [-0.05, 0) is 24.7 Å². The maximum atomic E-state index is 11.9. The van der Waals surface area contributed by atoms with Crippen molar-refractivity contribution in [2.24, 2.45) is 11.8 Å². The SMILES string of the molecule is CC1CC(O)(CCC(F)(F)F)C1C. The van der Waals surface area contributed by atoms with Crippen molar-refractivity contribution in [1.29, 1.82) is 0 Å². The molecule has 3 atom stereocenters. The topological polar surface area (TPSA) is 20.2 Å². The molecule has 1 aliphatic rings. The molecule has 0 amide bonds. The first kappa shape index (κ1) is 10.8. The molecule has 1 aliphatic carbocycles. The van der Waals surface area contributed by atoms with Crippen LogP contribution in [0.5, 0.6) is 0 Å². The summed E-state index contributed by atoms with van der Waals surface area (Å²) >= 11 is 0. The third-order valence-electron chi connectivity index (χ3n) is 3.22. The van der Waals surface area contributed by atoms with E-state index < -0.39 is 18.2 Å². The number of hydrogen-bond donors (Lipinski definition) is 1. The van der Waals surface area contributed by atoms with Gasteiger partial charge in [-0.15, -0.1) is 0 Å². The molecule has 78 valence electrons. The van der Waals surface area contributed by atoms with Crippen molar-refractivity contribution in [2.75, 3.05) is 0 Å². The number of alkyl halides is 3. The van der Waals surface area contributed by atoms with Gasteiger partial charge < -0.3 is 5.11 Å². The lowest BCUT2D eigenvalue weighted by atomic mass is 9.61. The molecule has 0 bridgehead atoms. The van der Waals surface area contributed by atoms with Crippen molar-refractivity contribution in [3.05, 3.63) is 0 Å². The van der Waals surface area contributed by atoms with E-state index in [2.05, 4.69) is 0 Å². The van der Waals surface area contributed by atoms with Crippen LogP contribution < -0.4 is 0 Å². The number of rotatable bonds is 2. The van der Waals surface area contributed by atoms with E-state index >= 15 is 0 Å². The summed E-state index contributed by atoms with van der Waals surface area (Å²) in [5, 5.41) is 9.71. The average Bonchev–Trinajstić information content (AvgIpc) is 1.99. The van der Waals surface area contributed by atoms with Gasteiger partial charge in [0, 0.05) is 6.42 Å². The van der Waals surface area contributed by atoms with Gasteiger partial charge in [-0.1, -0.05) is 13.8 Å². The van der Waals surface area contributed by atoms with Crippen molar-refractivity contribution >= 4 is 0 Å². The Bertz CT molecular complexity index is 190. The third-order valence-corrected chi connectivity index (χ3v) is 3.22. The lowest BCUT2D eigenvalue weighted by Gasteiger charge is -2.49. The summed E-state index contributed by atoms with van der Waals surface area (Å²) in [4.78, 5) is 0. The zero-order chi connectivity index (χ0) is 10.3. The van der Waals surface area contributed by atoms with Gasteiger partial charge in [0.1, 0.15) is 0 Å². The fraction of sp³-hybridized carbons (Fsp3) is 1.00. The molecule has 0 aromatic carbocycles. The molecule has 1 nitrogen and oxygen atoms in total. The lowest BCUT2D eigenvalue weighted by molar-refractivity contribution is -0.177. The molecule has 0 radical (unpaired) electrons. The van der Waals surface area contributed by atoms with Crippen molar-refractivity contribution in [3.63, 3.8) is 0 Å². The molecule has 1 saturated carbocycles. The van der Waals surface area contributed by atoms with Gasteiger partial charge in [-0.2, -0.15) is 13.2 Å². The van der Waals surface area contributed by atoms with Crippen LogP contribution in [0.4, 0.5) is 13.2 Å². The maximum Gasteiger partial charge on any atom is 0.389 e. The largest absolute Gasteiger partial charge is 0.390 e. The van der Waals surface area contributed by atoms with Crippen LogP contribution in [0.25, 0.3) is 0 Å². The summed E-state index contributed by atoms with van der Waals surface area (Å²) in [6.45, 7) is 3.76. The summed E-state index contributed by atoms with van der Waals surface area (Å²) in [5.41, 5.74) is -1.06. The molecule has 0 aromatic rings. The Labute approximate surface area is 75.9 Å². The van der Waals surface area contributed by atoms with Crippen LogP contribution in [-0.2, 0) is 0 Å². The van der Waals surface area contributed by atoms with Crippen molar-refractivity contribution in [2.45, 2.75) is 44.9 Å². The first-order valence-corrected chi connectivity index (χ1v) is 4.54. The van der Waals surface area contributed by atoms with Gasteiger partial charge in [0.25, 0.3) is 0 Å². The number of hydrogen-bond acceptors (Lipinski definition) is 1. The zero-order valence-corrected chi connectivity index (χ0v) is 7.86. The van der Waals surface area contributed by atoms with Crippen LogP contribution in [0.15, 0.2) is 0 Å². The fourth-order valence-electron chi connectivity index (χ4n) is 1.98. The normalized spacial score (nSPS) is 40.2. The van der Waals surface area contributed by atoms with E-state index in [-0.39, 0.29) is 12.3 Å². The molecule has 1 N–H and O–H groups in total. The van der Waals surface area contributed by atoms with Gasteiger partial charge in [-0.3, -0.25) is 0 Å². The average molecular weight is 196 g/mol. The first-order valence-electron chi connectivity index (χ1n) is 4.54. The highest BCUT2D eigenvalue weighted by Gasteiger charge is 2.48. The first-order chi connectivity index (χ1) is 5.75. The Balaban J connectivity index is 2.38. The maximum absolute atomic E-state index is 11.9. The highest BCUT2D eigenvalue weighted by atomic mass is 19.4. The van der Waals surface area contributed by atoms with Crippen LogP contribution >= 0.6 is 0 Å². The van der Waals surface area contributed by atoms with Crippen LogP contribution in [0.1, 0.15) is 33.1 Å². The van der Waals surface area contributed by atoms with Crippen molar-refractivity contribution in [3.8, 4) is 0 Å². The standard InChI is InChI=1S/C9H15F3O/c1-6-5-8(13,7(6)2)3-4-9(10,11)12/h6-7,13H,3-5H2,1-2H3. The second kappa shape index (κ2) is 3.15. The minimum atomic E-state index is -4.14. The van der Waals surface area contributed by atoms with E-state index in [4.69, 9.17) is 0 Å². The van der Waals surface area contributed by atoms with E-state index in [0.29, 0.717) is 12.3 Å². The molecule has 0 heterocycles. The molecule has 0 spiro atoms. The predicted molar refractivity (Wildman–Crippen MR) is 43.2 cm³/mol. The van der Waals surface area contributed by atoms with Gasteiger partial charge >= 0.3 is 6.18 Å². The minimum absolute atomic E-state index is 0.00477. The van der Waals surface area contributed by atoms with E-state index in [0.717, 1.165) is 0 Å². The van der Waals surface area contributed by atoms with E-state index in [9.17, 15) is 18.3 Å². The number of aliphatic hydroxyl groups is 1. The van der Waals surface area contributed by atoms with Crippen LogP contribution in [-0.4, -0.2) is 16.9 Å². The molecule has 13 heavy (non-hydrogen) atoms. The van der Waals surface area contributed by atoms with Crippen LogP contribution in [0.3, 0.4) is 0 Å². The predicted octanol–water partition coefficient (Wildman–Crippen LogP) is 2.74. The molecular formula is C9H15F3O. The Morgan fingerprint density at radius 3 is 2.23 bits per heavy atom. The Morgan fingerprint density at radius 1 is 1.38 bits per heavy atom. The zero-order valence-electron chi connectivity index (χ0n) is 7.86. The van der Waals surface area contributed by atoms with Gasteiger partial charge in [0.05, 0.1) is 5.60 Å². The van der Waals surface area contributed by atoms with E-state index in [1.54, 1.807) is 0 Å². The molecule has 0 saturated heterocycles. The van der Waals surface area contributed by atoms with Crippen LogP contribution in [0, 0.1) is 11.8 Å². The Morgan fingerprint density at radius 2 is 1.92 bits per heavy atom. The second-order valence-corrected chi connectivity index (χ2v) is 4.19. The highest BCUT2D eigenvalue weighted by molar-refractivity contribution is 4.98. The monoisotopic (exact) mass is 196 g/mol. The summed E-state index contributed by atoms with van der Waals surface area (Å²) in [7, 11) is 0. The van der Waals surface area contributed by atoms with Crippen LogP contribution in [0.2, 0.25) is 0 Å². The molecule has 1 rings (SSSR count). The highest BCUT2D eigenvalue weighted by Crippen LogP contribution is 2.47. The van der Waals surface area contributed by atoms with E-state index in [1.165, 1.54) is 0 Å². The molecule has 3 unspecified atom stereocenters. The van der Waals surface area contributed by atoms with E-state index in [1.807, 2.05) is 13.8 Å². The Kier molecular flexibility index (Phi) is 2.63. The van der Waals surface area contributed by atoms with Crippen molar-refractivity contribution < 1.29 is 18.3 Å². The number of halogens is 3. The second-order valence-electron chi connectivity index (χ2n) is 4.19. The third kappa shape index (κ3) is 2.36. The summed E-state index contributed by atoms with van der Waals surface area (Å²) in [6.07, 6.45) is -4.67. The summed E-state index contributed by atoms with van der Waals surface area (Å²) in [5.74, 6) is 0.341. The molecule has 0 aromatic heterocycles. The molecule has 4 heteroatoms. The van der Waals surface area contributed by atoms with Gasteiger partial charge in [-0.25, -0.2) is 0 Å². The quantitative estimate of drug-likeness (QED) is 0.720. The molecule has 1 fully saturated rings.